The summed E-state index contributed by atoms with van der Waals surface area (Å²) in [6.07, 6.45) is 0. The highest BCUT2D eigenvalue weighted by Crippen LogP contribution is 2.50. The van der Waals surface area contributed by atoms with E-state index in [9.17, 15) is 20.1 Å². The molecule has 3 aromatic rings. The average molecular weight is 340 g/mol. The van der Waals surface area contributed by atoms with Crippen LogP contribution < -0.4 is 9.47 Å². The molecular formula is C19H16O6. The van der Waals surface area contributed by atoms with Crippen molar-refractivity contribution >= 4 is 16.7 Å². The van der Waals surface area contributed by atoms with E-state index in [1.54, 1.807) is 42.5 Å². The maximum absolute atomic E-state index is 11.6. The first-order chi connectivity index (χ1) is 12.0. The van der Waals surface area contributed by atoms with Crippen LogP contribution in [-0.4, -0.2) is 35.5 Å². The van der Waals surface area contributed by atoms with E-state index in [2.05, 4.69) is 0 Å². The lowest BCUT2D eigenvalue weighted by atomic mass is 9.92. The largest absolute Gasteiger partial charge is 0.506 e. The van der Waals surface area contributed by atoms with E-state index in [0.717, 1.165) is 0 Å². The molecule has 6 nitrogen and oxygen atoms in total. The van der Waals surface area contributed by atoms with E-state index in [1.807, 2.05) is 0 Å². The number of carboxylic acid groups (broad SMARTS) is 1. The van der Waals surface area contributed by atoms with Crippen molar-refractivity contribution in [1.29, 1.82) is 0 Å². The maximum atomic E-state index is 11.6. The van der Waals surface area contributed by atoms with Crippen molar-refractivity contribution in [3.8, 4) is 34.1 Å². The molecule has 0 aromatic heterocycles. The molecule has 3 N–H and O–H groups in total. The van der Waals surface area contributed by atoms with Gasteiger partial charge in [0.1, 0.15) is 28.6 Å². The van der Waals surface area contributed by atoms with Gasteiger partial charge in [-0.2, -0.15) is 0 Å². The predicted molar refractivity (Wildman–Crippen MR) is 92.8 cm³/mol. The molecule has 0 fully saturated rings. The molecule has 128 valence electrons. The summed E-state index contributed by atoms with van der Waals surface area (Å²) in [5, 5.41) is 31.2. The number of carbonyl (C=O) groups is 1. The molecule has 0 aliphatic rings. The highest BCUT2D eigenvalue weighted by atomic mass is 16.5. The number of fused-ring (bicyclic) bond motifs is 1. The zero-order chi connectivity index (χ0) is 18.1. The number of aromatic hydroxyl groups is 2. The Balaban J connectivity index is 2.56. The van der Waals surface area contributed by atoms with E-state index in [4.69, 9.17) is 9.47 Å². The van der Waals surface area contributed by atoms with Gasteiger partial charge in [-0.25, -0.2) is 4.79 Å². The van der Waals surface area contributed by atoms with Gasteiger partial charge in [0.15, 0.2) is 0 Å². The lowest BCUT2D eigenvalue weighted by Gasteiger charge is -2.18. The van der Waals surface area contributed by atoms with Crippen molar-refractivity contribution in [1.82, 2.24) is 0 Å². The second-order valence-electron chi connectivity index (χ2n) is 5.34. The van der Waals surface area contributed by atoms with Gasteiger partial charge in [0.05, 0.1) is 19.8 Å². The summed E-state index contributed by atoms with van der Waals surface area (Å²) in [6.45, 7) is 0. The molecule has 0 saturated carbocycles. The predicted octanol–water partition coefficient (Wildman–Crippen LogP) is 3.63. The molecule has 0 amide bonds. The number of hydrogen-bond acceptors (Lipinski definition) is 5. The summed E-state index contributed by atoms with van der Waals surface area (Å²) in [6, 6.07) is 11.8. The fourth-order valence-electron chi connectivity index (χ4n) is 2.96. The van der Waals surface area contributed by atoms with Gasteiger partial charge in [-0.1, -0.05) is 30.3 Å². The molecule has 0 atom stereocenters. The fraction of sp³-hybridized carbons (Fsp3) is 0.105. The summed E-state index contributed by atoms with van der Waals surface area (Å²) in [5.74, 6) is -1.66. The number of ether oxygens (including phenoxy) is 2. The minimum atomic E-state index is -1.43. The summed E-state index contributed by atoms with van der Waals surface area (Å²) < 4.78 is 10.8. The van der Waals surface area contributed by atoms with Crippen LogP contribution in [0.5, 0.6) is 23.0 Å². The summed E-state index contributed by atoms with van der Waals surface area (Å²) in [4.78, 5) is 11.6. The van der Waals surface area contributed by atoms with Crippen LogP contribution in [0.1, 0.15) is 10.4 Å². The molecule has 0 heterocycles. The molecule has 0 radical (unpaired) electrons. The Hall–Kier alpha value is -3.41. The number of rotatable bonds is 4. The van der Waals surface area contributed by atoms with Crippen molar-refractivity contribution in [3.63, 3.8) is 0 Å². The monoisotopic (exact) mass is 340 g/mol. The van der Waals surface area contributed by atoms with Crippen molar-refractivity contribution < 1.29 is 29.6 Å². The van der Waals surface area contributed by atoms with Gasteiger partial charge in [0.2, 0.25) is 0 Å². The Labute approximate surface area is 143 Å². The fourth-order valence-corrected chi connectivity index (χ4v) is 2.96. The molecule has 0 spiro atoms. The molecule has 3 aromatic carbocycles. The second-order valence-corrected chi connectivity index (χ2v) is 5.34. The number of carboxylic acids is 1. The number of hydrogen-bond donors (Lipinski definition) is 3. The molecule has 0 bridgehead atoms. The molecule has 0 aliphatic carbocycles. The second kappa shape index (κ2) is 6.24. The molecule has 0 saturated heterocycles. The molecule has 0 aliphatic heterocycles. The van der Waals surface area contributed by atoms with Crippen molar-refractivity contribution in [3.05, 3.63) is 48.0 Å². The highest BCUT2D eigenvalue weighted by Gasteiger charge is 2.27. The first kappa shape index (κ1) is 16.4. The average Bonchev–Trinajstić information content (AvgIpc) is 2.61. The Morgan fingerprint density at radius 1 is 0.800 bits per heavy atom. The van der Waals surface area contributed by atoms with E-state index in [-0.39, 0.29) is 5.56 Å². The minimum Gasteiger partial charge on any atom is -0.506 e. The summed E-state index contributed by atoms with van der Waals surface area (Å²) >= 11 is 0. The number of methoxy groups -OCH3 is 2. The van der Waals surface area contributed by atoms with Gasteiger partial charge in [-0.3, -0.25) is 0 Å². The van der Waals surface area contributed by atoms with Gasteiger partial charge in [-0.05, 0) is 17.5 Å². The van der Waals surface area contributed by atoms with Crippen LogP contribution in [0.4, 0.5) is 0 Å². The van der Waals surface area contributed by atoms with Gasteiger partial charge >= 0.3 is 5.97 Å². The molecule has 25 heavy (non-hydrogen) atoms. The van der Waals surface area contributed by atoms with Gasteiger partial charge < -0.3 is 24.8 Å². The molecular weight excluding hydrogens is 324 g/mol. The van der Waals surface area contributed by atoms with Crippen LogP contribution in [0.25, 0.3) is 21.9 Å². The van der Waals surface area contributed by atoms with Crippen molar-refractivity contribution in [2.75, 3.05) is 14.2 Å². The normalized spacial score (nSPS) is 10.6. The number of benzene rings is 3. The third kappa shape index (κ3) is 2.48. The smallest absolute Gasteiger partial charge is 0.343 e. The van der Waals surface area contributed by atoms with E-state index in [1.165, 1.54) is 14.2 Å². The third-order valence-electron chi connectivity index (χ3n) is 4.05. The first-order valence-corrected chi connectivity index (χ1v) is 7.42. The first-order valence-electron chi connectivity index (χ1n) is 7.42. The maximum Gasteiger partial charge on any atom is 0.343 e. The van der Waals surface area contributed by atoms with Gasteiger partial charge in [-0.15, -0.1) is 0 Å². The number of aromatic carboxylic acids is 1. The topological polar surface area (TPSA) is 96.2 Å². The van der Waals surface area contributed by atoms with Crippen LogP contribution in [0.3, 0.4) is 0 Å². The standard InChI is InChI=1S/C19H16O6/c1-24-12-8-5-9-13(25-2)15(12)14-10-6-3-4-7-11(10)17(20)16(18(14)21)19(22)23/h3-9,20-21H,1-2H3,(H,22,23). The van der Waals surface area contributed by atoms with E-state index in [0.29, 0.717) is 27.8 Å². The molecule has 3 rings (SSSR count). The third-order valence-corrected chi connectivity index (χ3v) is 4.05. The Morgan fingerprint density at radius 2 is 1.36 bits per heavy atom. The van der Waals surface area contributed by atoms with Crippen LogP contribution in [0.15, 0.2) is 42.5 Å². The van der Waals surface area contributed by atoms with E-state index < -0.39 is 23.0 Å². The van der Waals surface area contributed by atoms with E-state index >= 15 is 0 Å². The Kier molecular flexibility index (Phi) is 4.10. The number of phenols is 2. The van der Waals surface area contributed by atoms with Gasteiger partial charge in [0.25, 0.3) is 0 Å². The summed E-state index contributed by atoms with van der Waals surface area (Å²) in [7, 11) is 2.94. The lowest BCUT2D eigenvalue weighted by Crippen LogP contribution is -2.01. The molecule has 0 unspecified atom stereocenters. The zero-order valence-electron chi connectivity index (χ0n) is 13.6. The van der Waals surface area contributed by atoms with Crippen LogP contribution in [0, 0.1) is 0 Å². The van der Waals surface area contributed by atoms with Crippen LogP contribution in [0.2, 0.25) is 0 Å². The van der Waals surface area contributed by atoms with Crippen molar-refractivity contribution in [2.24, 2.45) is 0 Å². The lowest BCUT2D eigenvalue weighted by molar-refractivity contribution is 0.0691. The SMILES string of the molecule is COc1cccc(OC)c1-c1c(O)c(C(=O)O)c(O)c2ccccc12. The Bertz CT molecular complexity index is 955. The Morgan fingerprint density at radius 3 is 1.88 bits per heavy atom. The summed E-state index contributed by atoms with van der Waals surface area (Å²) in [5.41, 5.74) is 0.0606. The zero-order valence-corrected chi connectivity index (χ0v) is 13.6. The quantitative estimate of drug-likeness (QED) is 0.671. The minimum absolute atomic E-state index is 0.222. The van der Waals surface area contributed by atoms with Crippen LogP contribution >= 0.6 is 0 Å². The highest BCUT2D eigenvalue weighted by molar-refractivity contribution is 6.12. The van der Waals surface area contributed by atoms with Gasteiger partial charge in [0, 0.05) is 10.9 Å². The van der Waals surface area contributed by atoms with Crippen molar-refractivity contribution in [2.45, 2.75) is 0 Å². The van der Waals surface area contributed by atoms with Crippen LogP contribution in [-0.2, 0) is 0 Å². The molecule has 6 heteroatoms.